The predicted molar refractivity (Wildman–Crippen MR) is 99.2 cm³/mol. The van der Waals surface area contributed by atoms with Crippen molar-refractivity contribution in [1.82, 2.24) is 4.98 Å². The molecule has 0 fully saturated rings. The van der Waals surface area contributed by atoms with Gasteiger partial charge in [0.2, 0.25) is 5.91 Å². The number of hydrogen-bond acceptors (Lipinski definition) is 5. The van der Waals surface area contributed by atoms with Gasteiger partial charge in [0.25, 0.3) is 5.91 Å². The molecule has 0 unspecified atom stereocenters. The van der Waals surface area contributed by atoms with E-state index in [1.807, 2.05) is 13.0 Å². The van der Waals surface area contributed by atoms with Crippen molar-refractivity contribution in [1.29, 1.82) is 0 Å². The van der Waals surface area contributed by atoms with Gasteiger partial charge < -0.3 is 15.8 Å². The van der Waals surface area contributed by atoms with Crippen LogP contribution in [-0.4, -0.2) is 23.4 Å². The van der Waals surface area contributed by atoms with E-state index in [1.165, 1.54) is 11.3 Å². The van der Waals surface area contributed by atoms with E-state index in [9.17, 15) is 9.59 Å². The van der Waals surface area contributed by atoms with E-state index in [-0.39, 0.29) is 18.9 Å². The van der Waals surface area contributed by atoms with Crippen LogP contribution in [0, 0.1) is 6.92 Å². The molecule has 0 bridgehead atoms. The third-order valence-electron chi connectivity index (χ3n) is 3.53. The van der Waals surface area contributed by atoms with Gasteiger partial charge in [0, 0.05) is 0 Å². The van der Waals surface area contributed by atoms with Gasteiger partial charge in [-0.2, -0.15) is 0 Å². The van der Waals surface area contributed by atoms with Crippen molar-refractivity contribution < 1.29 is 14.3 Å². The molecule has 3 N–H and O–H groups in total. The summed E-state index contributed by atoms with van der Waals surface area (Å²) in [5.41, 5.74) is 6.40. The Balaban J connectivity index is 2.07. The van der Waals surface area contributed by atoms with Gasteiger partial charge >= 0.3 is 0 Å². The molecule has 6 nitrogen and oxygen atoms in total. The number of thiazole rings is 1. The Hall–Kier alpha value is -2.41. The van der Waals surface area contributed by atoms with Crippen LogP contribution in [0.15, 0.2) is 24.3 Å². The molecular formula is C18H23N3O3S. The average molecular weight is 361 g/mol. The number of amides is 2. The van der Waals surface area contributed by atoms with Crippen LogP contribution in [0.2, 0.25) is 0 Å². The maximum absolute atomic E-state index is 12.6. The summed E-state index contributed by atoms with van der Waals surface area (Å²) in [6.07, 6.45) is 3.17. The molecule has 134 valence electrons. The number of aromatic nitrogens is 1. The molecule has 2 amide bonds. The Kier molecular flexibility index (Phi) is 6.94. The number of ether oxygens (including phenoxy) is 1. The van der Waals surface area contributed by atoms with Crippen LogP contribution in [0.4, 0.5) is 5.69 Å². The lowest BCUT2D eigenvalue weighted by molar-refractivity contribution is -0.118. The smallest absolute Gasteiger partial charge is 0.267 e. The second-order valence-corrected chi connectivity index (χ2v) is 6.72. The van der Waals surface area contributed by atoms with Crippen LogP contribution in [-0.2, 0) is 11.2 Å². The fourth-order valence-electron chi connectivity index (χ4n) is 2.23. The zero-order valence-corrected chi connectivity index (χ0v) is 15.3. The van der Waals surface area contributed by atoms with Gasteiger partial charge in [-0.05, 0) is 31.9 Å². The highest BCUT2D eigenvalue weighted by atomic mass is 32.1. The van der Waals surface area contributed by atoms with Crippen molar-refractivity contribution in [3.63, 3.8) is 0 Å². The van der Waals surface area contributed by atoms with Crippen molar-refractivity contribution in [3.8, 4) is 5.75 Å². The quantitative estimate of drug-likeness (QED) is 0.716. The van der Waals surface area contributed by atoms with Gasteiger partial charge in [0.05, 0.1) is 29.4 Å². The van der Waals surface area contributed by atoms with E-state index in [2.05, 4.69) is 17.2 Å². The number of benzene rings is 1. The number of nitrogens with zero attached hydrogens (tertiary/aromatic N) is 1. The normalized spacial score (nSPS) is 10.5. The number of rotatable bonds is 9. The number of aryl methyl sites for hydroxylation is 2. The first kappa shape index (κ1) is 18.9. The zero-order valence-electron chi connectivity index (χ0n) is 14.5. The number of anilines is 1. The van der Waals surface area contributed by atoms with Crippen LogP contribution in [0.3, 0.4) is 0 Å². The Bertz CT molecular complexity index is 743. The molecule has 0 atom stereocenters. The predicted octanol–water partition coefficient (Wildman–Crippen LogP) is 3.30. The van der Waals surface area contributed by atoms with Gasteiger partial charge in [0.1, 0.15) is 10.6 Å². The summed E-state index contributed by atoms with van der Waals surface area (Å²) in [6, 6.07) is 7.10. The molecule has 0 radical (unpaired) electrons. The Morgan fingerprint density at radius 3 is 2.80 bits per heavy atom. The first-order chi connectivity index (χ1) is 12.0. The molecule has 0 aliphatic carbocycles. The second kappa shape index (κ2) is 9.17. The minimum atomic E-state index is -0.429. The van der Waals surface area contributed by atoms with Crippen molar-refractivity contribution in [2.24, 2.45) is 5.73 Å². The van der Waals surface area contributed by atoms with Gasteiger partial charge in [-0.3, -0.25) is 9.59 Å². The molecule has 0 aliphatic heterocycles. The highest BCUT2D eigenvalue weighted by Crippen LogP contribution is 2.26. The summed E-state index contributed by atoms with van der Waals surface area (Å²) >= 11 is 1.43. The third-order valence-corrected chi connectivity index (χ3v) is 4.75. The van der Waals surface area contributed by atoms with Gasteiger partial charge in [-0.25, -0.2) is 4.98 Å². The van der Waals surface area contributed by atoms with Gasteiger partial charge in [-0.1, -0.05) is 25.5 Å². The Labute approximate surface area is 151 Å². The minimum Gasteiger partial charge on any atom is -0.491 e. The molecule has 1 heterocycles. The highest BCUT2D eigenvalue weighted by molar-refractivity contribution is 7.13. The second-order valence-electron chi connectivity index (χ2n) is 5.64. The number of carbonyl (C=O) groups excluding carboxylic acids is 2. The number of carbonyl (C=O) groups is 2. The molecule has 2 aromatic rings. The highest BCUT2D eigenvalue weighted by Gasteiger charge is 2.17. The van der Waals surface area contributed by atoms with Crippen LogP contribution in [0.5, 0.6) is 5.75 Å². The maximum Gasteiger partial charge on any atom is 0.267 e. The maximum atomic E-state index is 12.6. The summed E-state index contributed by atoms with van der Waals surface area (Å²) in [6.45, 7) is 4.14. The first-order valence-electron chi connectivity index (χ1n) is 8.29. The number of hydrogen-bond donors (Lipinski definition) is 2. The molecule has 0 saturated carbocycles. The summed E-state index contributed by atoms with van der Waals surface area (Å²) in [5.74, 6) is -0.129. The molecule has 25 heavy (non-hydrogen) atoms. The minimum absolute atomic E-state index is 0.122. The topological polar surface area (TPSA) is 94.3 Å². The molecule has 1 aromatic heterocycles. The molecule has 1 aromatic carbocycles. The molecule has 0 spiro atoms. The third kappa shape index (κ3) is 5.56. The summed E-state index contributed by atoms with van der Waals surface area (Å²) in [5, 5.41) is 3.85. The fourth-order valence-corrected chi connectivity index (χ4v) is 3.24. The van der Waals surface area contributed by atoms with Crippen molar-refractivity contribution in [3.05, 3.63) is 39.8 Å². The van der Waals surface area contributed by atoms with Crippen LogP contribution in [0.1, 0.15) is 46.6 Å². The molecule has 2 rings (SSSR count). The van der Waals surface area contributed by atoms with Crippen molar-refractivity contribution in [2.75, 3.05) is 11.9 Å². The van der Waals surface area contributed by atoms with E-state index in [0.29, 0.717) is 16.3 Å². The molecule has 7 heteroatoms. The standard InChI is InChI=1S/C18H23N3O3S/c1-3-4-9-16-20-12(2)17(25-16)18(23)21-13-7-5-6-8-14(13)24-11-10-15(19)22/h5-8H,3-4,9-11H2,1-2H3,(H2,19,22)(H,21,23). The van der Waals surface area contributed by atoms with Crippen LogP contribution < -0.4 is 15.8 Å². The Morgan fingerprint density at radius 1 is 1.32 bits per heavy atom. The van der Waals surface area contributed by atoms with Crippen LogP contribution in [0.25, 0.3) is 0 Å². The van der Waals surface area contributed by atoms with E-state index in [1.54, 1.807) is 18.2 Å². The number of unbranched alkanes of at least 4 members (excludes halogenated alkanes) is 1. The zero-order chi connectivity index (χ0) is 18.2. The number of para-hydroxylation sites is 2. The van der Waals surface area contributed by atoms with E-state index >= 15 is 0 Å². The molecule has 0 saturated heterocycles. The van der Waals surface area contributed by atoms with Crippen molar-refractivity contribution in [2.45, 2.75) is 39.5 Å². The lowest BCUT2D eigenvalue weighted by Crippen LogP contribution is -2.16. The summed E-state index contributed by atoms with van der Waals surface area (Å²) < 4.78 is 5.55. The van der Waals surface area contributed by atoms with Gasteiger partial charge in [0.15, 0.2) is 0 Å². The lowest BCUT2D eigenvalue weighted by atomic mass is 10.2. The largest absolute Gasteiger partial charge is 0.491 e. The molecular weight excluding hydrogens is 338 g/mol. The van der Waals surface area contributed by atoms with Crippen molar-refractivity contribution >= 4 is 28.8 Å². The monoisotopic (exact) mass is 361 g/mol. The average Bonchev–Trinajstić information content (AvgIpc) is 2.95. The van der Waals surface area contributed by atoms with E-state index in [4.69, 9.17) is 10.5 Å². The molecule has 0 aliphatic rings. The number of nitrogens with one attached hydrogen (secondary N) is 1. The van der Waals surface area contributed by atoms with E-state index < -0.39 is 5.91 Å². The SMILES string of the molecule is CCCCc1nc(C)c(C(=O)Nc2ccccc2OCCC(N)=O)s1. The first-order valence-corrected chi connectivity index (χ1v) is 9.10. The Morgan fingerprint density at radius 2 is 2.08 bits per heavy atom. The summed E-state index contributed by atoms with van der Waals surface area (Å²) in [4.78, 5) is 28.5. The number of primary amides is 1. The lowest BCUT2D eigenvalue weighted by Gasteiger charge is -2.11. The fraction of sp³-hybridized carbons (Fsp3) is 0.389. The summed E-state index contributed by atoms with van der Waals surface area (Å²) in [7, 11) is 0. The van der Waals surface area contributed by atoms with E-state index in [0.717, 1.165) is 30.0 Å². The van der Waals surface area contributed by atoms with Gasteiger partial charge in [-0.15, -0.1) is 11.3 Å². The van der Waals surface area contributed by atoms with Crippen LogP contribution >= 0.6 is 11.3 Å². The number of nitrogens with two attached hydrogens (primary N) is 1.